The van der Waals surface area contributed by atoms with Gasteiger partial charge in [0.2, 0.25) is 0 Å². The topological polar surface area (TPSA) is 105 Å². The van der Waals surface area contributed by atoms with E-state index >= 15 is 0 Å². The molecule has 4 aliphatic rings. The number of thioether (sulfide) groups is 12. The van der Waals surface area contributed by atoms with E-state index in [-0.39, 0.29) is 46.0 Å². The van der Waals surface area contributed by atoms with Gasteiger partial charge in [0, 0.05) is 22.3 Å². The number of ether oxygens (including phenoxy) is 4. The van der Waals surface area contributed by atoms with Crippen molar-refractivity contribution < 1.29 is 38.1 Å². The van der Waals surface area contributed by atoms with Crippen LogP contribution >= 0.6 is 141 Å². The Labute approximate surface area is 509 Å². The van der Waals surface area contributed by atoms with Gasteiger partial charge in [0.15, 0.2) is 0 Å². The number of esters is 4. The first-order chi connectivity index (χ1) is 37.9. The second kappa shape index (κ2) is 31.8. The third kappa shape index (κ3) is 17.4. The van der Waals surface area contributed by atoms with E-state index in [1.807, 2.05) is 76.2 Å². The van der Waals surface area contributed by atoms with Crippen molar-refractivity contribution in [3.8, 4) is 23.7 Å². The molecule has 0 fully saturated rings. The van der Waals surface area contributed by atoms with Gasteiger partial charge in [-0.1, -0.05) is 170 Å². The number of hydrogen-bond donors (Lipinski definition) is 0. The number of hydrogen-bond acceptors (Lipinski definition) is 20. The fourth-order valence-electron chi connectivity index (χ4n) is 6.74. The first-order valence-electron chi connectivity index (χ1n) is 24.4. The quantitative estimate of drug-likeness (QED) is 0.0608. The predicted octanol–water partition coefficient (Wildman–Crippen LogP) is 17.5. The first kappa shape index (κ1) is 62.4. The Hall–Kier alpha value is -3.22. The normalized spacial score (nSPS) is 15.1. The molecule has 78 heavy (non-hydrogen) atoms. The Balaban J connectivity index is 1.34. The minimum Gasteiger partial charge on any atom is -0.462 e. The lowest BCUT2D eigenvalue weighted by molar-refractivity contribution is -0.141. The summed E-state index contributed by atoms with van der Waals surface area (Å²) in [5.74, 6) is 11.3. The monoisotopic (exact) mass is 1260 g/mol. The van der Waals surface area contributed by atoms with Gasteiger partial charge in [-0.3, -0.25) is 0 Å². The van der Waals surface area contributed by atoms with Crippen LogP contribution in [0.1, 0.15) is 97.9 Å². The minimum absolute atomic E-state index is 0.170. The number of benzene rings is 3. The van der Waals surface area contributed by atoms with Crippen LogP contribution < -0.4 is 0 Å². The molecule has 0 atom stereocenters. The SMILES string of the molecule is CCCOC(=O)C1=C(C(=O)OCCC)SC(=Cc2cc(C#Cc3ccc(C=C4SC(SC)=C(SC)S4)cc3)c(C=C3SC(C(=O)OCCC)=C(C(=O)OCCC)S3)cc2C#Cc2ccc(C=C3SC(SC)=C(SC)S3)cc2)S1. The Morgan fingerprint density at radius 3 is 0.923 bits per heavy atom. The van der Waals surface area contributed by atoms with E-state index in [0.29, 0.717) is 56.4 Å². The molecule has 0 amide bonds. The Morgan fingerprint density at radius 1 is 0.397 bits per heavy atom. The van der Waals surface area contributed by atoms with Gasteiger partial charge in [-0.15, -0.1) is 47.0 Å². The molecule has 20 heteroatoms. The van der Waals surface area contributed by atoms with Crippen molar-refractivity contribution in [1.29, 1.82) is 0 Å². The average Bonchev–Trinajstić information content (AvgIpc) is 4.28. The molecule has 406 valence electrons. The lowest BCUT2D eigenvalue weighted by Gasteiger charge is -2.09. The van der Waals surface area contributed by atoms with Crippen LogP contribution in [0.5, 0.6) is 0 Å². The zero-order chi connectivity index (χ0) is 55.6. The largest absolute Gasteiger partial charge is 0.462 e. The van der Waals surface area contributed by atoms with Crippen molar-refractivity contribution in [2.75, 3.05) is 51.5 Å². The molecule has 0 N–H and O–H groups in total. The van der Waals surface area contributed by atoms with Crippen molar-refractivity contribution in [3.63, 3.8) is 0 Å². The molecule has 0 saturated heterocycles. The average molecular weight is 1260 g/mol. The van der Waals surface area contributed by atoms with Crippen LogP contribution in [0.4, 0.5) is 0 Å². The lowest BCUT2D eigenvalue weighted by Crippen LogP contribution is -2.12. The third-order valence-electron chi connectivity index (χ3n) is 10.4. The van der Waals surface area contributed by atoms with Crippen LogP contribution in [-0.2, 0) is 38.1 Å². The zero-order valence-corrected chi connectivity index (χ0v) is 53.7. The minimum atomic E-state index is -0.588. The summed E-state index contributed by atoms with van der Waals surface area (Å²) in [7, 11) is 0. The van der Waals surface area contributed by atoms with Crippen LogP contribution in [0, 0.1) is 23.7 Å². The molecule has 8 nitrogen and oxygen atoms in total. The first-order valence-corrected chi connectivity index (χ1v) is 35.9. The Kier molecular flexibility index (Phi) is 25.5. The van der Waals surface area contributed by atoms with E-state index in [1.165, 1.54) is 25.4 Å². The van der Waals surface area contributed by atoms with Crippen molar-refractivity contribution in [3.05, 3.63) is 159 Å². The van der Waals surface area contributed by atoms with Crippen molar-refractivity contribution in [2.24, 2.45) is 0 Å². The molecule has 0 bridgehead atoms. The Bertz CT molecular complexity index is 2880. The summed E-state index contributed by atoms with van der Waals surface area (Å²) in [6, 6.07) is 20.1. The number of rotatable bonds is 20. The smallest absolute Gasteiger partial charge is 0.346 e. The second-order valence-corrected chi connectivity index (χ2v) is 30.0. The fourth-order valence-corrected chi connectivity index (χ4v) is 21.3. The maximum Gasteiger partial charge on any atom is 0.346 e. The number of carbonyl (C=O) groups excluding carboxylic acids is 4. The molecule has 3 aromatic rings. The summed E-state index contributed by atoms with van der Waals surface area (Å²) in [4.78, 5) is 54.6. The van der Waals surface area contributed by atoms with Gasteiger partial charge in [0.1, 0.15) is 19.6 Å². The third-order valence-corrected chi connectivity index (χ3v) is 25.4. The summed E-state index contributed by atoms with van der Waals surface area (Å²) in [5, 5.41) is 0. The summed E-state index contributed by atoms with van der Waals surface area (Å²) in [6.45, 7) is 8.46. The molecule has 4 aliphatic heterocycles. The van der Waals surface area contributed by atoms with Crippen LogP contribution in [0.15, 0.2) is 114 Å². The number of carbonyl (C=O) groups is 4. The fraction of sp³-hybridized carbons (Fsp3) is 0.276. The molecular formula is C58H54O8S12. The molecule has 7 rings (SSSR count). The van der Waals surface area contributed by atoms with Crippen LogP contribution in [-0.4, -0.2) is 75.3 Å². The molecule has 3 aromatic carbocycles. The van der Waals surface area contributed by atoms with Crippen LogP contribution in [0.3, 0.4) is 0 Å². The highest BCUT2D eigenvalue weighted by atomic mass is 32.3. The highest BCUT2D eigenvalue weighted by Gasteiger charge is 2.35. The summed E-state index contributed by atoms with van der Waals surface area (Å²) >= 11 is 18.8. The maximum atomic E-state index is 13.5. The predicted molar refractivity (Wildman–Crippen MR) is 351 cm³/mol. The molecule has 0 saturated carbocycles. The second-order valence-electron chi connectivity index (χ2n) is 16.3. The highest BCUT2D eigenvalue weighted by Crippen LogP contribution is 2.58. The van der Waals surface area contributed by atoms with Crippen molar-refractivity contribution in [1.82, 2.24) is 0 Å². The van der Waals surface area contributed by atoms with E-state index in [2.05, 4.69) is 85.1 Å². The van der Waals surface area contributed by atoms with E-state index < -0.39 is 23.9 Å². The molecule has 0 aliphatic carbocycles. The van der Waals surface area contributed by atoms with E-state index in [0.717, 1.165) is 69.3 Å². The highest BCUT2D eigenvalue weighted by molar-refractivity contribution is 8.41. The van der Waals surface area contributed by atoms with Gasteiger partial charge < -0.3 is 18.9 Å². The van der Waals surface area contributed by atoms with Crippen LogP contribution in [0.2, 0.25) is 0 Å². The summed E-state index contributed by atoms with van der Waals surface area (Å²) in [5.41, 5.74) is 6.31. The van der Waals surface area contributed by atoms with Gasteiger partial charge in [0.25, 0.3) is 0 Å². The Morgan fingerprint density at radius 2 is 0.667 bits per heavy atom. The molecule has 4 heterocycles. The summed E-state index contributed by atoms with van der Waals surface area (Å²) < 4.78 is 31.2. The maximum absolute atomic E-state index is 13.5. The van der Waals surface area contributed by atoms with Gasteiger partial charge >= 0.3 is 23.9 Å². The van der Waals surface area contributed by atoms with E-state index in [1.54, 1.807) is 94.1 Å². The van der Waals surface area contributed by atoms with E-state index in [9.17, 15) is 19.2 Å². The van der Waals surface area contributed by atoms with Gasteiger partial charge in [0.05, 0.1) is 60.3 Å². The molecule has 0 aromatic heterocycles. The zero-order valence-electron chi connectivity index (χ0n) is 43.9. The molecule has 0 spiro atoms. The van der Waals surface area contributed by atoms with Gasteiger partial charge in [-0.2, -0.15) is 0 Å². The van der Waals surface area contributed by atoms with Gasteiger partial charge in [-0.25, -0.2) is 19.2 Å². The molecular weight excluding hydrogens is 1210 g/mol. The standard InChI is InChI=1S/C58H54O8S12/c1-9-25-63-51(59)47-48(52(60)64-26-10-2)72-45(71-47)33-41-31-40(24-22-36-15-19-38(20-16-36)30-44-77-57(69-7)58(70-8)78-44)42(34-46-73-49(53(61)65-27-11-3)50(74-46)54(62)66-28-12-4)32-39(41)23-21-35-13-17-37(18-14-35)29-43-75-55(67-5)56(68-6)76-43/h13-20,29-34H,9-12,25-28H2,1-8H3. The lowest BCUT2D eigenvalue weighted by atomic mass is 9.97. The molecule has 0 unspecified atom stereocenters. The van der Waals surface area contributed by atoms with Crippen LogP contribution in [0.25, 0.3) is 24.3 Å². The van der Waals surface area contributed by atoms with Crippen molar-refractivity contribution in [2.45, 2.75) is 53.4 Å². The van der Waals surface area contributed by atoms with E-state index in [4.69, 9.17) is 18.9 Å². The summed E-state index contributed by atoms with van der Waals surface area (Å²) in [6.07, 6.45) is 19.1. The van der Waals surface area contributed by atoms with Gasteiger partial charge in [-0.05, 0) is 134 Å². The molecule has 0 radical (unpaired) electrons. The van der Waals surface area contributed by atoms with Crippen molar-refractivity contribution >= 4 is 189 Å².